The van der Waals surface area contributed by atoms with Crippen LogP contribution in [0.1, 0.15) is 36.9 Å². The molecule has 1 aliphatic rings. The van der Waals surface area contributed by atoms with Crippen LogP contribution in [-0.4, -0.2) is 24.8 Å². The molecule has 0 saturated carbocycles. The summed E-state index contributed by atoms with van der Waals surface area (Å²) in [7, 11) is 1.65. The molecule has 3 aromatic rings. The molecule has 2 N–H and O–H groups in total. The minimum Gasteiger partial charge on any atom is -0.351 e. The van der Waals surface area contributed by atoms with Crippen molar-refractivity contribution in [3.8, 4) is 11.1 Å². The summed E-state index contributed by atoms with van der Waals surface area (Å²) in [5, 5.41) is 5.39. The number of nitrogens with zero attached hydrogens (tertiary/aromatic N) is 1. The summed E-state index contributed by atoms with van der Waals surface area (Å²) in [6.07, 6.45) is 0.786. The monoisotopic (exact) mass is 491 g/mol. The third-order valence-electron chi connectivity index (χ3n) is 6.29. The van der Waals surface area contributed by atoms with E-state index in [4.69, 9.17) is 0 Å². The molecule has 0 aromatic heterocycles. The predicted octanol–water partition coefficient (Wildman–Crippen LogP) is 4.50. The van der Waals surface area contributed by atoms with E-state index >= 15 is 0 Å². The number of fused-ring (bicyclic) bond motifs is 3. The van der Waals surface area contributed by atoms with Crippen molar-refractivity contribution in [1.29, 1.82) is 0 Å². The van der Waals surface area contributed by atoms with Gasteiger partial charge < -0.3 is 15.5 Å². The Kier molecular flexibility index (Phi) is 7.43. The van der Waals surface area contributed by atoms with Crippen molar-refractivity contribution in [1.82, 2.24) is 10.6 Å². The maximum absolute atomic E-state index is 13.5. The second kappa shape index (κ2) is 10.7. The Labute approximate surface area is 208 Å². The van der Waals surface area contributed by atoms with E-state index in [0.29, 0.717) is 12.0 Å². The minimum atomic E-state index is -1.08. The van der Waals surface area contributed by atoms with E-state index in [1.54, 1.807) is 19.2 Å². The molecule has 3 aromatic carbocycles. The van der Waals surface area contributed by atoms with Crippen LogP contribution in [-0.2, 0) is 20.9 Å². The first-order valence-electron chi connectivity index (χ1n) is 11.8. The lowest BCUT2D eigenvalue weighted by atomic mass is 9.94. The molecule has 2 atom stereocenters. The summed E-state index contributed by atoms with van der Waals surface area (Å²) in [5.74, 6) is -4.08. The largest absolute Gasteiger partial charge is 0.351 e. The van der Waals surface area contributed by atoms with Gasteiger partial charge in [-0.3, -0.25) is 14.4 Å². The standard InChI is InChI=1S/C28H27F2N3O3/c1-3-8-23(26(34)31-16-17-13-18(29)15-19(30)14-17)27(35)32-25-22-11-5-4-9-20(22)21-10-6-7-12-24(21)33(2)28(25)36/h4-7,9-15,23,25H,3,8,16H2,1-2H3,(H,31,34)(H,32,35)/t23-,25-/m0/s1. The number of carbonyl (C=O) groups is 3. The molecule has 4 rings (SSSR count). The van der Waals surface area contributed by atoms with E-state index < -0.39 is 35.4 Å². The number of rotatable bonds is 7. The Morgan fingerprint density at radius 2 is 1.58 bits per heavy atom. The molecule has 0 unspecified atom stereocenters. The topological polar surface area (TPSA) is 78.5 Å². The molecular weight excluding hydrogens is 464 g/mol. The van der Waals surface area contributed by atoms with Crippen LogP contribution in [0.2, 0.25) is 0 Å². The number of carbonyl (C=O) groups excluding carboxylic acids is 3. The van der Waals surface area contributed by atoms with Crippen LogP contribution < -0.4 is 15.5 Å². The van der Waals surface area contributed by atoms with Gasteiger partial charge in [-0.2, -0.15) is 0 Å². The molecule has 0 radical (unpaired) electrons. The quantitative estimate of drug-likeness (QED) is 0.478. The SMILES string of the molecule is CCC[C@@H](C(=O)NCc1cc(F)cc(F)c1)C(=O)N[C@@H]1C(=O)N(C)c2ccccc2-c2ccccc21. The van der Waals surface area contributed by atoms with Gasteiger partial charge in [-0.05, 0) is 41.3 Å². The van der Waals surface area contributed by atoms with Crippen LogP contribution in [0.5, 0.6) is 0 Å². The molecule has 186 valence electrons. The lowest BCUT2D eigenvalue weighted by Gasteiger charge is -2.25. The molecular formula is C28H27F2N3O3. The van der Waals surface area contributed by atoms with Crippen LogP contribution in [0, 0.1) is 17.6 Å². The summed E-state index contributed by atoms with van der Waals surface area (Å²) in [5.41, 5.74) is 3.28. The van der Waals surface area contributed by atoms with Gasteiger partial charge in [0.25, 0.3) is 5.91 Å². The smallest absolute Gasteiger partial charge is 0.253 e. The highest BCUT2D eigenvalue weighted by molar-refractivity contribution is 6.07. The van der Waals surface area contributed by atoms with Crippen molar-refractivity contribution >= 4 is 23.4 Å². The van der Waals surface area contributed by atoms with Gasteiger partial charge in [-0.15, -0.1) is 0 Å². The summed E-state index contributed by atoms with van der Waals surface area (Å²) in [6, 6.07) is 16.8. The zero-order chi connectivity index (χ0) is 25.8. The molecule has 0 saturated heterocycles. The zero-order valence-electron chi connectivity index (χ0n) is 20.1. The molecule has 1 heterocycles. The second-order valence-electron chi connectivity index (χ2n) is 8.78. The number of hydrogen-bond acceptors (Lipinski definition) is 3. The first-order chi connectivity index (χ1) is 17.3. The third kappa shape index (κ3) is 5.12. The summed E-state index contributed by atoms with van der Waals surface area (Å²) in [4.78, 5) is 41.3. The number of halogens is 2. The number of nitrogens with one attached hydrogen (secondary N) is 2. The van der Waals surface area contributed by atoms with Crippen LogP contribution in [0.4, 0.5) is 14.5 Å². The van der Waals surface area contributed by atoms with Gasteiger partial charge in [-0.25, -0.2) is 8.78 Å². The molecule has 0 spiro atoms. The number of likely N-dealkylation sites (N-methyl/N-ethyl adjacent to an activating group) is 1. The Morgan fingerprint density at radius 3 is 2.28 bits per heavy atom. The Morgan fingerprint density at radius 1 is 0.944 bits per heavy atom. The second-order valence-corrected chi connectivity index (χ2v) is 8.78. The molecule has 3 amide bonds. The van der Waals surface area contributed by atoms with E-state index in [1.807, 2.05) is 43.3 Å². The highest BCUT2D eigenvalue weighted by atomic mass is 19.1. The van der Waals surface area contributed by atoms with Crippen molar-refractivity contribution in [2.75, 3.05) is 11.9 Å². The number of para-hydroxylation sites is 1. The van der Waals surface area contributed by atoms with Crippen molar-refractivity contribution in [2.24, 2.45) is 5.92 Å². The van der Waals surface area contributed by atoms with Crippen LogP contribution >= 0.6 is 0 Å². The minimum absolute atomic E-state index is 0.135. The first-order valence-corrected chi connectivity index (χ1v) is 11.8. The van der Waals surface area contributed by atoms with Crippen LogP contribution in [0.25, 0.3) is 11.1 Å². The van der Waals surface area contributed by atoms with Gasteiger partial charge in [0, 0.05) is 25.2 Å². The fraction of sp³-hybridized carbons (Fsp3) is 0.250. The molecule has 36 heavy (non-hydrogen) atoms. The van der Waals surface area contributed by atoms with Gasteiger partial charge in [0.05, 0.1) is 5.69 Å². The van der Waals surface area contributed by atoms with Gasteiger partial charge in [-0.1, -0.05) is 55.8 Å². The van der Waals surface area contributed by atoms with Gasteiger partial charge >= 0.3 is 0 Å². The van der Waals surface area contributed by atoms with E-state index in [-0.39, 0.29) is 24.4 Å². The Hall–Kier alpha value is -4.07. The fourth-order valence-electron chi connectivity index (χ4n) is 4.51. The predicted molar refractivity (Wildman–Crippen MR) is 133 cm³/mol. The summed E-state index contributed by atoms with van der Waals surface area (Å²) < 4.78 is 27.0. The van der Waals surface area contributed by atoms with Crippen molar-refractivity contribution < 1.29 is 23.2 Å². The third-order valence-corrected chi connectivity index (χ3v) is 6.29. The normalized spacial score (nSPS) is 15.4. The maximum atomic E-state index is 13.5. The molecule has 0 aliphatic carbocycles. The van der Waals surface area contributed by atoms with Crippen molar-refractivity contribution in [3.05, 3.63) is 89.5 Å². The van der Waals surface area contributed by atoms with Gasteiger partial charge in [0.2, 0.25) is 11.8 Å². The number of hydrogen-bond donors (Lipinski definition) is 2. The fourth-order valence-corrected chi connectivity index (χ4v) is 4.51. The first kappa shape index (κ1) is 25.0. The highest BCUT2D eigenvalue weighted by Gasteiger charge is 2.36. The lowest BCUT2D eigenvalue weighted by Crippen LogP contribution is -2.46. The van der Waals surface area contributed by atoms with Gasteiger partial charge in [0.1, 0.15) is 23.6 Å². The molecule has 6 nitrogen and oxygen atoms in total. The van der Waals surface area contributed by atoms with E-state index in [2.05, 4.69) is 10.6 Å². The van der Waals surface area contributed by atoms with E-state index in [0.717, 1.165) is 35.0 Å². The molecule has 0 bridgehead atoms. The number of benzene rings is 3. The lowest BCUT2D eigenvalue weighted by molar-refractivity contribution is -0.137. The van der Waals surface area contributed by atoms with Gasteiger partial charge in [0.15, 0.2) is 0 Å². The highest BCUT2D eigenvalue weighted by Crippen LogP contribution is 2.39. The Balaban J connectivity index is 1.57. The Bertz CT molecular complexity index is 1290. The van der Waals surface area contributed by atoms with Crippen LogP contribution in [0.3, 0.4) is 0 Å². The maximum Gasteiger partial charge on any atom is 0.253 e. The molecule has 8 heteroatoms. The van der Waals surface area contributed by atoms with Crippen molar-refractivity contribution in [2.45, 2.75) is 32.4 Å². The average Bonchev–Trinajstić information content (AvgIpc) is 2.95. The van der Waals surface area contributed by atoms with E-state index in [9.17, 15) is 23.2 Å². The zero-order valence-corrected chi connectivity index (χ0v) is 20.1. The van der Waals surface area contributed by atoms with Crippen molar-refractivity contribution in [3.63, 3.8) is 0 Å². The molecule has 0 fully saturated rings. The summed E-state index contributed by atoms with van der Waals surface area (Å²) >= 11 is 0. The number of amides is 3. The molecule has 1 aliphatic heterocycles. The average molecular weight is 492 g/mol. The number of anilines is 1. The van der Waals surface area contributed by atoms with Crippen LogP contribution in [0.15, 0.2) is 66.7 Å². The summed E-state index contributed by atoms with van der Waals surface area (Å²) in [6.45, 7) is 1.70. The van der Waals surface area contributed by atoms with E-state index in [1.165, 1.54) is 4.90 Å².